The first kappa shape index (κ1) is 25.7. The highest BCUT2D eigenvalue weighted by molar-refractivity contribution is 6.58. The molecule has 1 aromatic carbocycles. The van der Waals surface area contributed by atoms with Gasteiger partial charge in [-0.1, -0.05) is 88.9 Å². The van der Waals surface area contributed by atoms with Gasteiger partial charge in [0.25, 0.3) is 0 Å². The summed E-state index contributed by atoms with van der Waals surface area (Å²) < 4.78 is 31.3. The van der Waals surface area contributed by atoms with Gasteiger partial charge in [0.1, 0.15) is 13.3 Å². The lowest BCUT2D eigenvalue weighted by molar-refractivity contribution is 0.184. The molecule has 1 aromatic rings. The Balaban J connectivity index is 1.26. The Morgan fingerprint density at radius 3 is 2.38 bits per heavy atom. The lowest BCUT2D eigenvalue weighted by Gasteiger charge is -2.37. The summed E-state index contributed by atoms with van der Waals surface area (Å²) in [7, 11) is -0.365. The van der Waals surface area contributed by atoms with Crippen LogP contribution in [-0.4, -0.2) is 22.1 Å². The van der Waals surface area contributed by atoms with E-state index in [9.17, 15) is 8.78 Å². The summed E-state index contributed by atoms with van der Waals surface area (Å²) in [5, 5.41) is 0. The molecule has 0 aromatic heterocycles. The molecule has 1 saturated heterocycles. The molecular formula is C28H46F2OSi. The van der Waals surface area contributed by atoms with E-state index in [0.29, 0.717) is 0 Å². The first-order chi connectivity index (χ1) is 15.7. The second kappa shape index (κ2) is 14.4. The fourth-order valence-corrected chi connectivity index (χ4v) is 9.84. The van der Waals surface area contributed by atoms with Gasteiger partial charge in [-0.25, -0.2) is 8.78 Å². The van der Waals surface area contributed by atoms with E-state index in [-0.39, 0.29) is 27.0 Å². The number of benzene rings is 1. The van der Waals surface area contributed by atoms with Gasteiger partial charge < -0.3 is 4.74 Å². The van der Waals surface area contributed by atoms with Crippen molar-refractivity contribution < 1.29 is 13.5 Å². The zero-order valence-corrected chi connectivity index (χ0v) is 21.6. The molecule has 1 aliphatic carbocycles. The van der Waals surface area contributed by atoms with Crippen molar-refractivity contribution in [2.24, 2.45) is 17.8 Å². The van der Waals surface area contributed by atoms with Gasteiger partial charge >= 0.3 is 0 Å². The number of halogens is 2. The van der Waals surface area contributed by atoms with Crippen molar-refractivity contribution in [2.75, 3.05) is 13.3 Å². The molecule has 2 aliphatic rings. The van der Waals surface area contributed by atoms with Gasteiger partial charge in [0, 0.05) is 8.80 Å². The minimum Gasteiger partial charge on any atom is -0.488 e. The fraction of sp³-hybridized carbons (Fsp3) is 0.786. The van der Waals surface area contributed by atoms with E-state index < -0.39 is 6.67 Å². The summed E-state index contributed by atoms with van der Waals surface area (Å²) in [6, 6.07) is 10.0. The SMILES string of the molecule is CCCCC[Si@H]1CC[C@H]([C@H]2CC[C@H](CCCCc3ccc(OCCF)c(F)c3)CC2)CC1. The largest absolute Gasteiger partial charge is 0.488 e. The molecule has 0 amide bonds. The minimum absolute atomic E-state index is 0.0828. The van der Waals surface area contributed by atoms with Crippen molar-refractivity contribution in [1.29, 1.82) is 0 Å². The summed E-state index contributed by atoms with van der Waals surface area (Å²) in [4.78, 5) is 0. The number of alkyl halides is 1. The van der Waals surface area contributed by atoms with Crippen LogP contribution >= 0.6 is 0 Å². The van der Waals surface area contributed by atoms with Crippen molar-refractivity contribution in [3.05, 3.63) is 29.6 Å². The molecule has 2 fully saturated rings. The maximum absolute atomic E-state index is 14.0. The topological polar surface area (TPSA) is 9.23 Å². The maximum atomic E-state index is 14.0. The molecule has 0 N–H and O–H groups in total. The Morgan fingerprint density at radius 1 is 0.938 bits per heavy atom. The van der Waals surface area contributed by atoms with Crippen molar-refractivity contribution >= 4 is 8.80 Å². The van der Waals surface area contributed by atoms with Gasteiger partial charge in [-0.2, -0.15) is 0 Å². The lowest BCUT2D eigenvalue weighted by atomic mass is 9.73. The Bertz CT molecular complexity index is 636. The molecule has 0 atom stereocenters. The predicted molar refractivity (Wildman–Crippen MR) is 135 cm³/mol. The molecule has 0 spiro atoms. The number of ether oxygens (including phenoxy) is 1. The van der Waals surface area contributed by atoms with Crippen molar-refractivity contribution in [2.45, 2.75) is 109 Å². The van der Waals surface area contributed by atoms with Crippen LogP contribution in [0.4, 0.5) is 8.78 Å². The van der Waals surface area contributed by atoms with Crippen LogP contribution in [0.25, 0.3) is 0 Å². The summed E-state index contributed by atoms with van der Waals surface area (Å²) in [5.74, 6) is 2.79. The van der Waals surface area contributed by atoms with Crippen molar-refractivity contribution in [1.82, 2.24) is 0 Å². The van der Waals surface area contributed by atoms with E-state index in [0.717, 1.165) is 36.2 Å². The average molecular weight is 465 g/mol. The standard InChI is InChI=1S/C28H46F2OSi/c1-2-3-6-19-32-20-15-26(16-21-32)25-12-9-23(10-13-25)7-4-5-8-24-11-14-28(27(30)22-24)31-18-17-29/h11,14,22-23,25-26,32H,2-10,12-13,15-21H2,1H3/t23-,25-,26-,32-. The molecule has 0 bridgehead atoms. The molecule has 1 saturated carbocycles. The zero-order valence-electron chi connectivity index (χ0n) is 20.4. The quantitative estimate of drug-likeness (QED) is 0.210. The van der Waals surface area contributed by atoms with Crippen LogP contribution in [0, 0.1) is 23.6 Å². The van der Waals surface area contributed by atoms with Crippen LogP contribution in [0.3, 0.4) is 0 Å². The molecule has 1 nitrogen and oxygen atoms in total. The molecule has 1 heterocycles. The maximum Gasteiger partial charge on any atom is 0.165 e. The van der Waals surface area contributed by atoms with Gasteiger partial charge in [0.15, 0.2) is 11.6 Å². The highest BCUT2D eigenvalue weighted by Crippen LogP contribution is 2.42. The molecule has 32 heavy (non-hydrogen) atoms. The van der Waals surface area contributed by atoms with E-state index in [1.54, 1.807) is 43.1 Å². The molecular weight excluding hydrogens is 418 g/mol. The molecule has 3 rings (SSSR count). The van der Waals surface area contributed by atoms with Gasteiger partial charge in [-0.05, 0) is 61.1 Å². The van der Waals surface area contributed by atoms with Crippen molar-refractivity contribution in [3.63, 3.8) is 0 Å². The molecule has 0 radical (unpaired) electrons. The van der Waals surface area contributed by atoms with E-state index in [4.69, 9.17) is 4.74 Å². The third kappa shape index (κ3) is 8.46. The summed E-state index contributed by atoms with van der Waals surface area (Å²) in [6.07, 6.45) is 17.9. The number of unbranched alkanes of at least 4 members (excludes halogenated alkanes) is 3. The number of rotatable bonds is 13. The van der Waals surface area contributed by atoms with E-state index in [1.165, 1.54) is 57.8 Å². The normalized spacial score (nSPS) is 26.2. The first-order valence-corrected chi connectivity index (χ1v) is 16.1. The number of hydrogen-bond acceptors (Lipinski definition) is 1. The molecule has 182 valence electrons. The van der Waals surface area contributed by atoms with Crippen LogP contribution in [0.2, 0.25) is 18.1 Å². The third-order valence-corrected chi connectivity index (χ3v) is 11.8. The third-order valence-electron chi connectivity index (χ3n) is 8.32. The monoisotopic (exact) mass is 464 g/mol. The summed E-state index contributed by atoms with van der Waals surface area (Å²) >= 11 is 0. The Labute approximate surface area is 197 Å². The van der Waals surface area contributed by atoms with Crippen LogP contribution < -0.4 is 4.74 Å². The van der Waals surface area contributed by atoms with Gasteiger partial charge in [-0.3, -0.25) is 0 Å². The predicted octanol–water partition coefficient (Wildman–Crippen LogP) is 8.52. The zero-order chi connectivity index (χ0) is 22.6. The van der Waals surface area contributed by atoms with Gasteiger partial charge in [-0.15, -0.1) is 0 Å². The summed E-state index contributed by atoms with van der Waals surface area (Å²) in [6.45, 7) is 1.65. The minimum atomic E-state index is -0.592. The van der Waals surface area contributed by atoms with Crippen LogP contribution in [0.1, 0.15) is 89.5 Å². The van der Waals surface area contributed by atoms with Crippen LogP contribution in [0.5, 0.6) is 5.75 Å². The number of hydrogen-bond donors (Lipinski definition) is 0. The molecule has 4 heteroatoms. The first-order valence-electron chi connectivity index (χ1n) is 13.7. The second-order valence-electron chi connectivity index (χ2n) is 10.6. The second-order valence-corrected chi connectivity index (χ2v) is 14.1. The van der Waals surface area contributed by atoms with E-state index in [1.807, 2.05) is 6.07 Å². The van der Waals surface area contributed by atoms with Crippen LogP contribution in [-0.2, 0) is 6.42 Å². The molecule has 0 unspecified atom stereocenters. The van der Waals surface area contributed by atoms with E-state index >= 15 is 0 Å². The lowest BCUT2D eigenvalue weighted by Crippen LogP contribution is -2.28. The van der Waals surface area contributed by atoms with Crippen molar-refractivity contribution in [3.8, 4) is 5.75 Å². The smallest absolute Gasteiger partial charge is 0.165 e. The Kier molecular flexibility index (Phi) is 11.6. The fourth-order valence-electron chi connectivity index (χ4n) is 6.31. The highest BCUT2D eigenvalue weighted by atomic mass is 28.3. The van der Waals surface area contributed by atoms with Crippen LogP contribution in [0.15, 0.2) is 18.2 Å². The van der Waals surface area contributed by atoms with Gasteiger partial charge in [0.05, 0.1) is 0 Å². The molecule has 1 aliphatic heterocycles. The number of aryl methyl sites for hydroxylation is 1. The summed E-state index contributed by atoms with van der Waals surface area (Å²) in [5.41, 5.74) is 1.02. The highest BCUT2D eigenvalue weighted by Gasteiger charge is 2.30. The Hall–Kier alpha value is -0.903. The Morgan fingerprint density at radius 2 is 1.69 bits per heavy atom. The average Bonchev–Trinajstić information content (AvgIpc) is 2.82. The van der Waals surface area contributed by atoms with E-state index in [2.05, 4.69) is 6.92 Å². The van der Waals surface area contributed by atoms with Gasteiger partial charge in [0.2, 0.25) is 0 Å².